The van der Waals surface area contributed by atoms with Crippen molar-refractivity contribution in [3.05, 3.63) is 18.2 Å². The molecule has 0 aromatic heterocycles. The van der Waals surface area contributed by atoms with Crippen LogP contribution >= 0.6 is 0 Å². The van der Waals surface area contributed by atoms with Crippen LogP contribution in [0.5, 0.6) is 11.5 Å². The van der Waals surface area contributed by atoms with E-state index in [2.05, 4.69) is 5.32 Å². The van der Waals surface area contributed by atoms with Crippen LogP contribution in [0.4, 0.5) is 0 Å². The van der Waals surface area contributed by atoms with Crippen molar-refractivity contribution in [1.82, 2.24) is 9.62 Å². The van der Waals surface area contributed by atoms with Crippen molar-refractivity contribution in [2.45, 2.75) is 17.9 Å². The fraction of sp³-hybridized carbons (Fsp3) is 0.538. The third kappa shape index (κ3) is 2.25. The number of benzene rings is 1. The Kier molecular flexibility index (Phi) is 3.57. The molecule has 1 N–H and O–H groups in total. The van der Waals surface area contributed by atoms with Crippen molar-refractivity contribution < 1.29 is 17.9 Å². The Morgan fingerprint density at radius 1 is 1.30 bits per heavy atom. The number of fused-ring (bicyclic) bond motifs is 1. The van der Waals surface area contributed by atoms with Gasteiger partial charge in [-0.1, -0.05) is 6.07 Å². The van der Waals surface area contributed by atoms with Crippen molar-refractivity contribution in [2.24, 2.45) is 0 Å². The molecule has 0 aliphatic carbocycles. The van der Waals surface area contributed by atoms with Gasteiger partial charge in [0.05, 0.1) is 0 Å². The number of nitrogens with one attached hydrogen (secondary N) is 1. The summed E-state index contributed by atoms with van der Waals surface area (Å²) in [7, 11) is -3.56. The summed E-state index contributed by atoms with van der Waals surface area (Å²) in [5, 5.41) is 3.19. The quantitative estimate of drug-likeness (QED) is 0.858. The average Bonchev–Trinajstić information content (AvgIpc) is 2.47. The minimum atomic E-state index is -3.56. The number of piperazine rings is 1. The first kappa shape index (κ1) is 13.7. The first-order valence-electron chi connectivity index (χ1n) is 6.72. The van der Waals surface area contributed by atoms with Crippen molar-refractivity contribution in [3.63, 3.8) is 0 Å². The molecule has 1 atom stereocenters. The summed E-state index contributed by atoms with van der Waals surface area (Å²) in [5.74, 6) is 0.838. The number of sulfonamides is 1. The Bertz CT molecular complexity index is 602. The standard InChI is InChI=1S/C13H18N2O4S/c1-10-9-14-5-6-15(10)20(16,17)12-4-2-3-11-13(12)19-8-7-18-11/h2-4,10,14H,5-9H2,1H3. The van der Waals surface area contributed by atoms with E-state index in [-0.39, 0.29) is 10.9 Å². The molecule has 0 amide bonds. The molecule has 1 saturated heterocycles. The van der Waals surface area contributed by atoms with Crippen molar-refractivity contribution >= 4 is 10.0 Å². The van der Waals surface area contributed by atoms with E-state index in [0.717, 1.165) is 0 Å². The Labute approximate surface area is 118 Å². The molecular weight excluding hydrogens is 280 g/mol. The van der Waals surface area contributed by atoms with Crippen LogP contribution in [0, 0.1) is 0 Å². The molecule has 110 valence electrons. The molecule has 3 rings (SSSR count). The molecule has 2 aliphatic rings. The number of nitrogens with zero attached hydrogens (tertiary/aromatic N) is 1. The third-order valence-corrected chi connectivity index (χ3v) is 5.59. The number of ether oxygens (including phenoxy) is 2. The highest BCUT2D eigenvalue weighted by atomic mass is 32.2. The van der Waals surface area contributed by atoms with Gasteiger partial charge in [-0.3, -0.25) is 0 Å². The lowest BCUT2D eigenvalue weighted by molar-refractivity contribution is 0.166. The van der Waals surface area contributed by atoms with Crippen LogP contribution in [0.25, 0.3) is 0 Å². The second-order valence-corrected chi connectivity index (χ2v) is 6.81. The summed E-state index contributed by atoms with van der Waals surface area (Å²) < 4.78 is 38.2. The van der Waals surface area contributed by atoms with E-state index >= 15 is 0 Å². The van der Waals surface area contributed by atoms with Crippen LogP contribution in [-0.2, 0) is 10.0 Å². The molecule has 7 heteroatoms. The normalized spacial score (nSPS) is 23.6. The highest BCUT2D eigenvalue weighted by Crippen LogP contribution is 2.38. The molecule has 1 aromatic rings. The van der Waals surface area contributed by atoms with Gasteiger partial charge in [0.25, 0.3) is 0 Å². The van der Waals surface area contributed by atoms with E-state index in [9.17, 15) is 8.42 Å². The fourth-order valence-corrected chi connectivity index (χ4v) is 4.33. The third-order valence-electron chi connectivity index (χ3n) is 3.56. The van der Waals surface area contributed by atoms with Crippen LogP contribution < -0.4 is 14.8 Å². The van der Waals surface area contributed by atoms with Gasteiger partial charge >= 0.3 is 0 Å². The van der Waals surface area contributed by atoms with Gasteiger partial charge in [-0.05, 0) is 19.1 Å². The predicted octanol–water partition coefficient (Wildman–Crippen LogP) is 0.440. The second-order valence-electron chi connectivity index (χ2n) is 4.95. The summed E-state index contributed by atoms with van der Waals surface area (Å²) in [6, 6.07) is 4.92. The second kappa shape index (κ2) is 5.23. The Balaban J connectivity index is 2.03. The van der Waals surface area contributed by atoms with E-state index in [1.165, 1.54) is 4.31 Å². The number of rotatable bonds is 2. The zero-order valence-electron chi connectivity index (χ0n) is 11.3. The van der Waals surface area contributed by atoms with Crippen LogP contribution in [0.3, 0.4) is 0 Å². The maximum absolute atomic E-state index is 12.8. The van der Waals surface area contributed by atoms with Gasteiger partial charge in [0.1, 0.15) is 18.1 Å². The van der Waals surface area contributed by atoms with Gasteiger partial charge in [0, 0.05) is 25.7 Å². The number of hydrogen-bond donors (Lipinski definition) is 1. The molecule has 20 heavy (non-hydrogen) atoms. The van der Waals surface area contributed by atoms with Crippen LogP contribution in [0.15, 0.2) is 23.1 Å². The molecule has 0 saturated carbocycles. The van der Waals surface area contributed by atoms with E-state index in [1.807, 2.05) is 6.92 Å². The van der Waals surface area contributed by atoms with E-state index < -0.39 is 10.0 Å². The van der Waals surface area contributed by atoms with Gasteiger partial charge in [-0.25, -0.2) is 8.42 Å². The number of hydrogen-bond acceptors (Lipinski definition) is 5. The van der Waals surface area contributed by atoms with Crippen LogP contribution in [0.2, 0.25) is 0 Å². The molecule has 1 fully saturated rings. The first-order valence-corrected chi connectivity index (χ1v) is 8.16. The maximum Gasteiger partial charge on any atom is 0.247 e. The lowest BCUT2D eigenvalue weighted by atomic mass is 10.3. The molecule has 1 unspecified atom stereocenters. The molecule has 2 aliphatic heterocycles. The SMILES string of the molecule is CC1CNCCN1S(=O)(=O)c1cccc2c1OCCO2. The van der Waals surface area contributed by atoms with Gasteiger partial charge in [0.2, 0.25) is 10.0 Å². The van der Waals surface area contributed by atoms with E-state index in [1.54, 1.807) is 18.2 Å². The van der Waals surface area contributed by atoms with Crippen molar-refractivity contribution in [2.75, 3.05) is 32.8 Å². The fourth-order valence-electron chi connectivity index (χ4n) is 2.56. The topological polar surface area (TPSA) is 67.9 Å². The predicted molar refractivity (Wildman–Crippen MR) is 73.7 cm³/mol. The molecule has 0 bridgehead atoms. The summed E-state index contributed by atoms with van der Waals surface area (Å²) >= 11 is 0. The minimum absolute atomic E-state index is 0.0749. The number of para-hydroxylation sites is 1. The molecule has 6 nitrogen and oxygen atoms in total. The Morgan fingerprint density at radius 2 is 2.10 bits per heavy atom. The van der Waals surface area contributed by atoms with E-state index in [4.69, 9.17) is 9.47 Å². The summed E-state index contributed by atoms with van der Waals surface area (Å²) in [4.78, 5) is 0.198. The molecule has 2 heterocycles. The highest BCUT2D eigenvalue weighted by molar-refractivity contribution is 7.89. The monoisotopic (exact) mass is 298 g/mol. The van der Waals surface area contributed by atoms with Crippen LogP contribution in [-0.4, -0.2) is 51.6 Å². The maximum atomic E-state index is 12.8. The lowest BCUT2D eigenvalue weighted by Gasteiger charge is -2.33. The zero-order valence-corrected chi connectivity index (χ0v) is 12.1. The van der Waals surface area contributed by atoms with E-state index in [0.29, 0.717) is 44.3 Å². The first-order chi connectivity index (χ1) is 9.60. The highest BCUT2D eigenvalue weighted by Gasteiger charge is 2.34. The summed E-state index contributed by atoms with van der Waals surface area (Å²) in [6.45, 7) is 4.50. The Morgan fingerprint density at radius 3 is 2.90 bits per heavy atom. The van der Waals surface area contributed by atoms with Crippen LogP contribution in [0.1, 0.15) is 6.92 Å². The molecule has 0 radical (unpaired) electrons. The Hall–Kier alpha value is -1.31. The largest absolute Gasteiger partial charge is 0.486 e. The van der Waals surface area contributed by atoms with Gasteiger partial charge < -0.3 is 14.8 Å². The van der Waals surface area contributed by atoms with Gasteiger partial charge in [-0.2, -0.15) is 4.31 Å². The van der Waals surface area contributed by atoms with Gasteiger partial charge in [0.15, 0.2) is 11.5 Å². The van der Waals surface area contributed by atoms with Crippen molar-refractivity contribution in [1.29, 1.82) is 0 Å². The molecule has 1 aromatic carbocycles. The zero-order chi connectivity index (χ0) is 14.2. The summed E-state index contributed by atoms with van der Waals surface area (Å²) in [6.07, 6.45) is 0. The smallest absolute Gasteiger partial charge is 0.247 e. The molecular formula is C13H18N2O4S. The summed E-state index contributed by atoms with van der Waals surface area (Å²) in [5.41, 5.74) is 0. The lowest BCUT2D eigenvalue weighted by Crippen LogP contribution is -2.52. The molecule has 0 spiro atoms. The van der Waals surface area contributed by atoms with Crippen molar-refractivity contribution in [3.8, 4) is 11.5 Å². The minimum Gasteiger partial charge on any atom is -0.486 e. The average molecular weight is 298 g/mol. The van der Waals surface area contributed by atoms with Gasteiger partial charge in [-0.15, -0.1) is 0 Å².